The fraction of sp³-hybridized carbons (Fsp3) is 0.824. The lowest BCUT2D eigenvalue weighted by molar-refractivity contribution is -0.489. The molecule has 4 nitrogen and oxygen atoms in total. The van der Waals surface area contributed by atoms with E-state index in [2.05, 4.69) is 16.1 Å². The van der Waals surface area contributed by atoms with Crippen LogP contribution < -0.4 is 0 Å². The first kappa shape index (κ1) is 41.5. The summed E-state index contributed by atoms with van der Waals surface area (Å²) >= 11 is 0. The van der Waals surface area contributed by atoms with E-state index in [1.54, 1.807) is 0 Å². The van der Waals surface area contributed by atoms with Crippen molar-refractivity contribution in [3.8, 4) is 0 Å². The molecule has 44 heavy (non-hydrogen) atoms. The van der Waals surface area contributed by atoms with E-state index in [1.807, 2.05) is 0 Å². The zero-order valence-corrected chi connectivity index (χ0v) is 19.6. The van der Waals surface area contributed by atoms with Gasteiger partial charge >= 0.3 is 71.6 Å². The van der Waals surface area contributed by atoms with Gasteiger partial charge in [-0.15, -0.1) is 0 Å². The number of aliphatic hydroxyl groups is 1. The van der Waals surface area contributed by atoms with Gasteiger partial charge in [-0.05, 0) is 0 Å². The van der Waals surface area contributed by atoms with Crippen molar-refractivity contribution in [1.82, 2.24) is 0 Å². The van der Waals surface area contributed by atoms with Gasteiger partial charge in [0, 0.05) is 6.08 Å². The Hall–Kier alpha value is -2.48. The SMILES string of the molecule is C=CC(=O)OCC(O)COC(F)(F)C(F)(F)C(F)(F)C(F)(F)C(F)(F)C(F)(F)C(F)(F)C(F)(F)C(F)(C(F)(F)F)C(F)(F)F. The fourth-order valence-corrected chi connectivity index (χ4v) is 2.48. The summed E-state index contributed by atoms with van der Waals surface area (Å²) in [7, 11) is 0. The van der Waals surface area contributed by atoms with Crippen molar-refractivity contribution < 1.29 is 120 Å². The maximum Gasteiger partial charge on any atom is 0.438 e. The molecule has 0 rings (SSSR count). The summed E-state index contributed by atoms with van der Waals surface area (Å²) in [5.74, 6) is -66.3. The van der Waals surface area contributed by atoms with Crippen LogP contribution in [0.5, 0.6) is 0 Å². The van der Waals surface area contributed by atoms with Gasteiger partial charge in [-0.2, -0.15) is 96.6 Å². The number of rotatable bonds is 14. The molecule has 27 heteroatoms. The topological polar surface area (TPSA) is 55.8 Å². The van der Waals surface area contributed by atoms with E-state index in [1.165, 1.54) is 0 Å². The third-order valence-corrected chi connectivity index (χ3v) is 4.99. The van der Waals surface area contributed by atoms with E-state index >= 15 is 0 Å². The average Bonchev–Trinajstić information content (AvgIpc) is 2.82. The Bertz CT molecular complexity index is 1030. The van der Waals surface area contributed by atoms with Gasteiger partial charge in [0.2, 0.25) is 0 Å². The molecule has 0 amide bonds. The van der Waals surface area contributed by atoms with Crippen LogP contribution in [0.4, 0.5) is 101 Å². The van der Waals surface area contributed by atoms with Crippen molar-refractivity contribution in [3.63, 3.8) is 0 Å². The number of hydrogen-bond donors (Lipinski definition) is 1. The highest BCUT2D eigenvalue weighted by molar-refractivity contribution is 5.81. The molecule has 0 radical (unpaired) electrons. The van der Waals surface area contributed by atoms with Gasteiger partial charge in [0.1, 0.15) is 12.7 Å². The Kier molecular flexibility index (Phi) is 10.8. The van der Waals surface area contributed by atoms with E-state index in [0.717, 1.165) is 0 Å². The quantitative estimate of drug-likeness (QED) is 0.120. The van der Waals surface area contributed by atoms with Crippen molar-refractivity contribution in [2.75, 3.05) is 13.2 Å². The molecule has 1 atom stereocenters. The van der Waals surface area contributed by atoms with Gasteiger partial charge in [0.05, 0.1) is 6.61 Å². The first-order chi connectivity index (χ1) is 18.8. The van der Waals surface area contributed by atoms with E-state index in [9.17, 15) is 106 Å². The largest absolute Gasteiger partial charge is 0.460 e. The Labute approximate surface area is 225 Å². The molecule has 0 aliphatic heterocycles. The molecule has 0 saturated carbocycles. The molecule has 0 saturated heterocycles. The van der Waals surface area contributed by atoms with Gasteiger partial charge in [0.15, 0.2) is 0 Å². The molecule has 0 bridgehead atoms. The van der Waals surface area contributed by atoms with Crippen LogP contribution in [0.2, 0.25) is 0 Å². The molecule has 0 aromatic rings. The minimum Gasteiger partial charge on any atom is -0.460 e. The molecule has 0 spiro atoms. The fourth-order valence-electron chi connectivity index (χ4n) is 2.48. The lowest BCUT2D eigenvalue weighted by Gasteiger charge is -2.45. The smallest absolute Gasteiger partial charge is 0.438 e. The van der Waals surface area contributed by atoms with Crippen LogP contribution in [0.1, 0.15) is 0 Å². The van der Waals surface area contributed by atoms with Gasteiger partial charge in [-0.1, -0.05) is 6.58 Å². The third-order valence-electron chi connectivity index (χ3n) is 4.99. The monoisotopic (exact) mass is 714 g/mol. The van der Waals surface area contributed by atoms with Gasteiger partial charge in [0.25, 0.3) is 0 Å². The molecule has 0 heterocycles. The first-order valence-electron chi connectivity index (χ1n) is 9.81. The summed E-state index contributed by atoms with van der Waals surface area (Å²) < 4.78 is 313. The summed E-state index contributed by atoms with van der Waals surface area (Å²) in [6.07, 6.45) is -27.1. The van der Waals surface area contributed by atoms with Crippen LogP contribution in [0.25, 0.3) is 0 Å². The van der Waals surface area contributed by atoms with Crippen molar-refractivity contribution in [2.45, 2.75) is 71.7 Å². The van der Waals surface area contributed by atoms with Crippen molar-refractivity contribution in [1.29, 1.82) is 0 Å². The molecule has 0 aromatic heterocycles. The first-order valence-corrected chi connectivity index (χ1v) is 9.81. The minimum absolute atomic E-state index is 0.286. The molecule has 0 aliphatic rings. The number of carbonyl (C=O) groups excluding carboxylic acids is 1. The second-order valence-electron chi connectivity index (χ2n) is 7.99. The normalized spacial score (nSPS) is 16.5. The number of alkyl halides is 23. The molecule has 0 aliphatic carbocycles. The number of hydrogen-bond acceptors (Lipinski definition) is 4. The van der Waals surface area contributed by atoms with Crippen LogP contribution in [0.15, 0.2) is 12.7 Å². The summed E-state index contributed by atoms with van der Waals surface area (Å²) in [6.45, 7) is -1.42. The summed E-state index contributed by atoms with van der Waals surface area (Å²) in [5.41, 5.74) is -9.08. The Morgan fingerprint density at radius 2 is 0.841 bits per heavy atom. The van der Waals surface area contributed by atoms with Crippen LogP contribution in [-0.4, -0.2) is 96.0 Å². The minimum atomic E-state index is -9.57. The molecular formula is C17H9F23O4. The summed E-state index contributed by atoms with van der Waals surface area (Å²) in [6, 6.07) is 0. The standard InChI is InChI=1S/C17H9F23O4/c1-2-6(42)43-3-5(41)4-44-17(39,40)14(31,32)13(29,30)12(27,28)11(25,26)10(23,24)9(21,22)8(19,20)7(18,15(33,34)35)16(36,37)38/h2,5,41H,1,3-4H2. The summed E-state index contributed by atoms with van der Waals surface area (Å²) in [5, 5.41) is 9.05. The van der Waals surface area contributed by atoms with Gasteiger partial charge < -0.3 is 14.6 Å². The second kappa shape index (κ2) is 11.4. The van der Waals surface area contributed by atoms with E-state index in [-0.39, 0.29) is 6.08 Å². The van der Waals surface area contributed by atoms with E-state index in [4.69, 9.17) is 5.11 Å². The van der Waals surface area contributed by atoms with Crippen molar-refractivity contribution in [2.24, 2.45) is 0 Å². The van der Waals surface area contributed by atoms with E-state index < -0.39 is 90.9 Å². The highest BCUT2D eigenvalue weighted by Crippen LogP contribution is 2.67. The van der Waals surface area contributed by atoms with Crippen LogP contribution in [0.3, 0.4) is 0 Å². The Balaban J connectivity index is 6.93. The molecule has 1 unspecified atom stereocenters. The molecule has 0 aromatic carbocycles. The number of ether oxygens (including phenoxy) is 2. The Morgan fingerprint density at radius 3 is 1.14 bits per heavy atom. The summed E-state index contributed by atoms with van der Waals surface area (Å²) in [4.78, 5) is 10.7. The second-order valence-corrected chi connectivity index (χ2v) is 7.99. The lowest BCUT2D eigenvalue weighted by Crippen LogP contribution is -2.79. The molecule has 1 N–H and O–H groups in total. The number of aliphatic hydroxyl groups excluding tert-OH is 1. The maximum absolute atomic E-state index is 13.7. The Morgan fingerprint density at radius 1 is 0.545 bits per heavy atom. The number of carbonyl (C=O) groups is 1. The van der Waals surface area contributed by atoms with Gasteiger partial charge in [-0.3, -0.25) is 0 Å². The highest BCUT2D eigenvalue weighted by Gasteiger charge is 3.00. The van der Waals surface area contributed by atoms with Crippen molar-refractivity contribution >= 4 is 5.97 Å². The van der Waals surface area contributed by atoms with Gasteiger partial charge in [-0.25, -0.2) is 9.18 Å². The van der Waals surface area contributed by atoms with Crippen LogP contribution >= 0.6 is 0 Å². The average molecular weight is 714 g/mol. The zero-order valence-electron chi connectivity index (χ0n) is 19.6. The zero-order chi connectivity index (χ0) is 36.2. The van der Waals surface area contributed by atoms with E-state index in [0.29, 0.717) is 0 Å². The molecule has 262 valence electrons. The molecule has 0 fully saturated rings. The van der Waals surface area contributed by atoms with Crippen molar-refractivity contribution in [3.05, 3.63) is 12.7 Å². The highest BCUT2D eigenvalue weighted by atomic mass is 19.4. The van der Waals surface area contributed by atoms with Crippen LogP contribution in [-0.2, 0) is 14.3 Å². The predicted molar refractivity (Wildman–Crippen MR) is 88.6 cm³/mol. The number of halogens is 23. The predicted octanol–water partition coefficient (Wildman–Crippen LogP) is 6.97. The number of esters is 1. The van der Waals surface area contributed by atoms with Crippen LogP contribution in [0, 0.1) is 0 Å². The third kappa shape index (κ3) is 5.80. The maximum atomic E-state index is 13.7. The lowest BCUT2D eigenvalue weighted by atomic mass is 9.83. The molecular weight excluding hydrogens is 705 g/mol.